The van der Waals surface area contributed by atoms with Crippen LogP contribution >= 0.6 is 0 Å². The van der Waals surface area contributed by atoms with E-state index in [-0.39, 0.29) is 36.2 Å². The molecule has 3 rings (SSSR count). The molecule has 1 N–H and O–H groups in total. The van der Waals surface area contributed by atoms with Crippen molar-refractivity contribution in [1.29, 1.82) is 0 Å². The van der Waals surface area contributed by atoms with Gasteiger partial charge < -0.3 is 14.6 Å². The third kappa shape index (κ3) is 3.19. The van der Waals surface area contributed by atoms with Gasteiger partial charge in [-0.2, -0.15) is 0 Å². The van der Waals surface area contributed by atoms with E-state index in [4.69, 9.17) is 0 Å². The molecule has 2 heterocycles. The summed E-state index contributed by atoms with van der Waals surface area (Å²) in [6, 6.07) is 5.88. The molecule has 0 spiro atoms. The van der Waals surface area contributed by atoms with Gasteiger partial charge in [-0.25, -0.2) is 9.82 Å². The second-order valence-electron chi connectivity index (χ2n) is 5.55. The summed E-state index contributed by atoms with van der Waals surface area (Å²) in [6.45, 7) is 0.299. The second-order valence-corrected chi connectivity index (χ2v) is 5.55. The van der Waals surface area contributed by atoms with Gasteiger partial charge in [0.15, 0.2) is 0 Å². The average Bonchev–Trinajstić information content (AvgIpc) is 2.99. The molecule has 1 aromatic rings. The molecule has 1 amide bonds. The topological polar surface area (TPSA) is 61.9 Å². The van der Waals surface area contributed by atoms with Gasteiger partial charge in [0.05, 0.1) is 19.6 Å². The van der Waals surface area contributed by atoms with Crippen molar-refractivity contribution >= 4 is 11.9 Å². The van der Waals surface area contributed by atoms with Crippen LogP contribution in [0.4, 0.5) is 4.39 Å². The van der Waals surface area contributed by atoms with Gasteiger partial charge in [0.25, 0.3) is 5.91 Å². The van der Waals surface area contributed by atoms with Crippen LogP contribution < -0.4 is 5.43 Å². The molecule has 0 saturated carbocycles. The third-order valence-electron chi connectivity index (χ3n) is 4.13. The summed E-state index contributed by atoms with van der Waals surface area (Å²) in [5, 5.41) is 1.77. The van der Waals surface area contributed by atoms with Crippen LogP contribution in [0.2, 0.25) is 0 Å². The van der Waals surface area contributed by atoms with Crippen molar-refractivity contribution in [2.45, 2.75) is 24.9 Å². The molecular weight excluding hydrogens is 301 g/mol. The number of amides is 1. The lowest BCUT2D eigenvalue weighted by Gasteiger charge is -2.31. The Morgan fingerprint density at radius 2 is 2.09 bits per heavy atom. The molecule has 1 fully saturated rings. The standard InChI is InChI=1S/C16H18FN3O3/c1-23-15(21)6-7-19-8-9-20-14(16(19)22)10-13(18-20)11-2-4-12(17)5-3-11/h2-5,8-9,13-14,18H,6-7,10H2,1H3. The molecule has 2 unspecified atom stereocenters. The Morgan fingerprint density at radius 3 is 2.78 bits per heavy atom. The molecular formula is C16H18FN3O3. The Hall–Kier alpha value is -2.41. The van der Waals surface area contributed by atoms with E-state index in [0.717, 1.165) is 5.56 Å². The van der Waals surface area contributed by atoms with E-state index < -0.39 is 0 Å². The summed E-state index contributed by atoms with van der Waals surface area (Å²) in [6.07, 6.45) is 4.19. The summed E-state index contributed by atoms with van der Waals surface area (Å²) >= 11 is 0. The second kappa shape index (κ2) is 6.37. The number of nitrogens with zero attached hydrogens (tertiary/aromatic N) is 2. The van der Waals surface area contributed by atoms with Gasteiger partial charge in [0.2, 0.25) is 0 Å². The van der Waals surface area contributed by atoms with Crippen molar-refractivity contribution in [2.75, 3.05) is 13.7 Å². The predicted octanol–water partition coefficient (Wildman–Crippen LogP) is 1.32. The Balaban J connectivity index is 1.66. The first-order valence-electron chi connectivity index (χ1n) is 7.44. The molecule has 0 bridgehead atoms. The summed E-state index contributed by atoms with van der Waals surface area (Å²) in [4.78, 5) is 25.3. The molecule has 1 aromatic carbocycles. The maximum atomic E-state index is 13.0. The van der Waals surface area contributed by atoms with E-state index in [1.807, 2.05) is 0 Å². The number of fused-ring (bicyclic) bond motifs is 1. The van der Waals surface area contributed by atoms with Crippen molar-refractivity contribution in [3.05, 3.63) is 48.0 Å². The van der Waals surface area contributed by atoms with Gasteiger partial charge in [-0.3, -0.25) is 9.59 Å². The Labute approximate surface area is 133 Å². The lowest BCUT2D eigenvalue weighted by atomic mass is 10.0. The molecule has 0 radical (unpaired) electrons. The minimum Gasteiger partial charge on any atom is -0.469 e. The van der Waals surface area contributed by atoms with Gasteiger partial charge in [0, 0.05) is 18.9 Å². The van der Waals surface area contributed by atoms with Crippen molar-refractivity contribution in [2.24, 2.45) is 0 Å². The number of carbonyl (C=O) groups is 2. The predicted molar refractivity (Wildman–Crippen MR) is 80.0 cm³/mol. The highest BCUT2D eigenvalue weighted by atomic mass is 19.1. The van der Waals surface area contributed by atoms with Crippen molar-refractivity contribution in [1.82, 2.24) is 15.3 Å². The molecule has 0 aliphatic carbocycles. The van der Waals surface area contributed by atoms with E-state index in [1.165, 1.54) is 24.1 Å². The summed E-state index contributed by atoms with van der Waals surface area (Å²) in [5.41, 5.74) is 4.17. The number of hydrogen-bond acceptors (Lipinski definition) is 5. The van der Waals surface area contributed by atoms with E-state index in [2.05, 4.69) is 10.2 Å². The fourth-order valence-electron chi connectivity index (χ4n) is 2.85. The minimum atomic E-state index is -0.345. The Morgan fingerprint density at radius 1 is 1.35 bits per heavy atom. The first-order chi connectivity index (χ1) is 11.1. The molecule has 23 heavy (non-hydrogen) atoms. The number of nitrogens with one attached hydrogen (secondary N) is 1. The summed E-state index contributed by atoms with van der Waals surface area (Å²) in [7, 11) is 1.33. The van der Waals surface area contributed by atoms with Crippen LogP contribution in [0.5, 0.6) is 0 Å². The zero-order chi connectivity index (χ0) is 16.4. The number of rotatable bonds is 4. The maximum Gasteiger partial charge on any atom is 0.307 e. The SMILES string of the molecule is COC(=O)CCN1C=CN2NC(c3ccc(F)cc3)CC2C1=O. The number of carbonyl (C=O) groups excluding carboxylic acids is 2. The normalized spacial score (nSPS) is 23.1. The largest absolute Gasteiger partial charge is 0.469 e. The van der Waals surface area contributed by atoms with E-state index in [9.17, 15) is 14.0 Å². The molecule has 2 atom stereocenters. The van der Waals surface area contributed by atoms with Gasteiger partial charge in [0.1, 0.15) is 11.9 Å². The zero-order valence-electron chi connectivity index (χ0n) is 12.7. The van der Waals surface area contributed by atoms with Gasteiger partial charge in [-0.1, -0.05) is 12.1 Å². The molecule has 2 aliphatic heterocycles. The van der Waals surface area contributed by atoms with E-state index in [1.54, 1.807) is 29.5 Å². The summed E-state index contributed by atoms with van der Waals surface area (Å²) in [5.74, 6) is -0.690. The first kappa shape index (κ1) is 15.5. The van der Waals surface area contributed by atoms with Crippen molar-refractivity contribution in [3.63, 3.8) is 0 Å². The molecule has 6 nitrogen and oxygen atoms in total. The number of hydrazine groups is 1. The van der Waals surface area contributed by atoms with Crippen LogP contribution in [0.1, 0.15) is 24.4 Å². The van der Waals surface area contributed by atoms with Crippen LogP contribution in [0.15, 0.2) is 36.7 Å². The lowest BCUT2D eigenvalue weighted by Crippen LogP contribution is -2.48. The monoisotopic (exact) mass is 319 g/mol. The maximum absolute atomic E-state index is 13.0. The average molecular weight is 319 g/mol. The lowest BCUT2D eigenvalue weighted by molar-refractivity contribution is -0.142. The molecule has 7 heteroatoms. The number of hydrogen-bond donors (Lipinski definition) is 1. The van der Waals surface area contributed by atoms with Crippen LogP contribution in [-0.2, 0) is 14.3 Å². The first-order valence-corrected chi connectivity index (χ1v) is 7.44. The van der Waals surface area contributed by atoms with Crippen LogP contribution in [0.3, 0.4) is 0 Å². The fraction of sp³-hybridized carbons (Fsp3) is 0.375. The highest BCUT2D eigenvalue weighted by molar-refractivity contribution is 5.84. The number of esters is 1. The fourth-order valence-corrected chi connectivity index (χ4v) is 2.85. The van der Waals surface area contributed by atoms with Crippen LogP contribution in [0, 0.1) is 5.82 Å². The van der Waals surface area contributed by atoms with Gasteiger partial charge >= 0.3 is 5.97 Å². The Bertz CT molecular complexity index is 632. The van der Waals surface area contributed by atoms with E-state index >= 15 is 0 Å². The Kier molecular flexibility index (Phi) is 4.29. The highest BCUT2D eigenvalue weighted by Gasteiger charge is 2.39. The van der Waals surface area contributed by atoms with Gasteiger partial charge in [-0.15, -0.1) is 0 Å². The number of halogens is 1. The highest BCUT2D eigenvalue weighted by Crippen LogP contribution is 2.30. The van der Waals surface area contributed by atoms with Gasteiger partial charge in [-0.05, 0) is 24.1 Å². The molecule has 2 aliphatic rings. The van der Waals surface area contributed by atoms with E-state index in [0.29, 0.717) is 13.0 Å². The molecule has 1 saturated heterocycles. The third-order valence-corrected chi connectivity index (χ3v) is 4.13. The number of ether oxygens (including phenoxy) is 1. The van der Waals surface area contributed by atoms with Crippen molar-refractivity contribution < 1.29 is 18.7 Å². The number of benzene rings is 1. The van der Waals surface area contributed by atoms with Crippen LogP contribution in [-0.4, -0.2) is 41.5 Å². The quantitative estimate of drug-likeness (QED) is 0.848. The van der Waals surface area contributed by atoms with Crippen molar-refractivity contribution in [3.8, 4) is 0 Å². The molecule has 0 aromatic heterocycles. The summed E-state index contributed by atoms with van der Waals surface area (Å²) < 4.78 is 17.6. The van der Waals surface area contributed by atoms with Crippen LogP contribution in [0.25, 0.3) is 0 Å². The zero-order valence-corrected chi connectivity index (χ0v) is 12.7. The number of methoxy groups -OCH3 is 1. The molecule has 122 valence electrons. The minimum absolute atomic E-state index is 0.0465. The smallest absolute Gasteiger partial charge is 0.307 e.